The summed E-state index contributed by atoms with van der Waals surface area (Å²) in [6.07, 6.45) is 0.576. The number of aryl methyl sites for hydroxylation is 1. The van der Waals surface area contributed by atoms with Crippen molar-refractivity contribution in [3.05, 3.63) is 65.2 Å². The Hall–Kier alpha value is -1.80. The van der Waals surface area contributed by atoms with E-state index in [9.17, 15) is 4.79 Å². The molecule has 1 unspecified atom stereocenters. The van der Waals surface area contributed by atoms with Crippen molar-refractivity contribution in [3.8, 4) is 5.75 Å². The van der Waals surface area contributed by atoms with Crippen molar-refractivity contribution in [3.63, 3.8) is 0 Å². The summed E-state index contributed by atoms with van der Waals surface area (Å²) >= 11 is 5.80. The van der Waals surface area contributed by atoms with Gasteiger partial charge in [0.05, 0.1) is 12.5 Å². The van der Waals surface area contributed by atoms with E-state index in [1.165, 1.54) is 0 Å². The fourth-order valence-corrected chi connectivity index (χ4v) is 2.50. The first-order valence-corrected chi connectivity index (χ1v) is 7.45. The lowest BCUT2D eigenvalue weighted by Gasteiger charge is -2.14. The molecule has 0 aliphatic carbocycles. The molecule has 0 heterocycles. The zero-order chi connectivity index (χ0) is 15.2. The van der Waals surface area contributed by atoms with Gasteiger partial charge in [-0.25, -0.2) is 0 Å². The molecule has 2 rings (SSSR count). The Balaban J connectivity index is 2.22. The highest BCUT2D eigenvalue weighted by Crippen LogP contribution is 2.25. The molecule has 0 saturated heterocycles. The predicted molar refractivity (Wildman–Crippen MR) is 86.1 cm³/mol. The lowest BCUT2D eigenvalue weighted by atomic mass is 9.92. The Morgan fingerprint density at radius 3 is 2.52 bits per heavy atom. The molecule has 2 aromatic carbocycles. The van der Waals surface area contributed by atoms with Crippen LogP contribution in [0.5, 0.6) is 5.75 Å². The molecular formula is C18H19ClO2. The second-order valence-electron chi connectivity index (χ2n) is 5.05. The normalized spacial score (nSPS) is 12.0. The van der Waals surface area contributed by atoms with Crippen molar-refractivity contribution >= 4 is 16.8 Å². The van der Waals surface area contributed by atoms with Gasteiger partial charge in [0.1, 0.15) is 5.75 Å². The van der Waals surface area contributed by atoms with Crippen LogP contribution < -0.4 is 4.74 Å². The smallest absolute Gasteiger partial charge is 0.229 e. The average molecular weight is 303 g/mol. The summed E-state index contributed by atoms with van der Waals surface area (Å²) in [5.74, 6) is 0.490. The third kappa shape index (κ3) is 4.33. The van der Waals surface area contributed by atoms with Gasteiger partial charge in [0.25, 0.3) is 0 Å². The van der Waals surface area contributed by atoms with Gasteiger partial charge in [-0.05, 0) is 55.1 Å². The fraction of sp³-hybridized carbons (Fsp3) is 0.278. The predicted octanol–water partition coefficient (Wildman–Crippen LogP) is 4.49. The first kappa shape index (κ1) is 15.6. The monoisotopic (exact) mass is 302 g/mol. The molecule has 3 heteroatoms. The van der Waals surface area contributed by atoms with E-state index in [0.29, 0.717) is 13.0 Å². The summed E-state index contributed by atoms with van der Waals surface area (Å²) in [6, 6.07) is 15.7. The number of rotatable bonds is 6. The van der Waals surface area contributed by atoms with Crippen LogP contribution in [0.3, 0.4) is 0 Å². The maximum atomic E-state index is 11.8. The zero-order valence-electron chi connectivity index (χ0n) is 12.3. The average Bonchev–Trinajstić information content (AvgIpc) is 2.46. The van der Waals surface area contributed by atoms with Gasteiger partial charge in [-0.2, -0.15) is 0 Å². The minimum absolute atomic E-state index is 0.329. The van der Waals surface area contributed by atoms with Crippen molar-refractivity contribution in [2.75, 3.05) is 6.61 Å². The highest BCUT2D eigenvalue weighted by atomic mass is 35.5. The third-order valence-electron chi connectivity index (χ3n) is 3.40. The number of benzene rings is 2. The summed E-state index contributed by atoms with van der Waals surface area (Å²) in [7, 11) is 0. The van der Waals surface area contributed by atoms with Crippen LogP contribution in [0.15, 0.2) is 48.5 Å². The van der Waals surface area contributed by atoms with Crippen LogP contribution in [0.4, 0.5) is 0 Å². The van der Waals surface area contributed by atoms with Gasteiger partial charge in [0.2, 0.25) is 5.24 Å². The Kier molecular flexibility index (Phi) is 5.40. The highest BCUT2D eigenvalue weighted by molar-refractivity contribution is 6.64. The first-order valence-electron chi connectivity index (χ1n) is 7.07. The van der Waals surface area contributed by atoms with Crippen LogP contribution in [-0.2, 0) is 11.2 Å². The molecule has 2 aromatic rings. The van der Waals surface area contributed by atoms with Crippen molar-refractivity contribution in [1.82, 2.24) is 0 Å². The van der Waals surface area contributed by atoms with E-state index >= 15 is 0 Å². The summed E-state index contributed by atoms with van der Waals surface area (Å²) in [5, 5.41) is -0.333. The Bertz CT molecular complexity index is 605. The van der Waals surface area contributed by atoms with Gasteiger partial charge in [-0.3, -0.25) is 4.79 Å². The molecule has 1 atom stereocenters. The van der Waals surface area contributed by atoms with Gasteiger partial charge in [0, 0.05) is 0 Å². The van der Waals surface area contributed by atoms with E-state index in [1.807, 2.05) is 62.4 Å². The van der Waals surface area contributed by atoms with Gasteiger partial charge < -0.3 is 4.74 Å². The number of carbonyl (C=O) groups excluding carboxylic acids is 1. The van der Waals surface area contributed by atoms with Crippen LogP contribution in [0.2, 0.25) is 0 Å². The molecule has 0 aliphatic heterocycles. The minimum atomic E-state index is -0.333. The van der Waals surface area contributed by atoms with Crippen LogP contribution in [0, 0.1) is 6.92 Å². The zero-order valence-corrected chi connectivity index (χ0v) is 13.1. The number of hydrogen-bond acceptors (Lipinski definition) is 2. The highest BCUT2D eigenvalue weighted by Gasteiger charge is 2.19. The molecular weight excluding hydrogens is 284 g/mol. The Labute approximate surface area is 130 Å². The molecule has 0 spiro atoms. The van der Waals surface area contributed by atoms with E-state index in [4.69, 9.17) is 16.3 Å². The SMILES string of the molecule is CCOc1cccc(CC(C(=O)Cl)c2ccc(C)cc2)c1. The lowest BCUT2D eigenvalue weighted by Crippen LogP contribution is -2.10. The van der Waals surface area contributed by atoms with Gasteiger partial charge in [-0.15, -0.1) is 0 Å². The molecule has 0 aliphatic rings. The molecule has 0 aromatic heterocycles. The van der Waals surface area contributed by atoms with Crippen LogP contribution in [0.25, 0.3) is 0 Å². The summed E-state index contributed by atoms with van der Waals surface area (Å²) < 4.78 is 5.49. The van der Waals surface area contributed by atoms with E-state index in [2.05, 4.69) is 0 Å². The fourth-order valence-electron chi connectivity index (χ4n) is 2.29. The van der Waals surface area contributed by atoms with Crippen molar-refractivity contribution in [2.24, 2.45) is 0 Å². The molecule has 21 heavy (non-hydrogen) atoms. The summed E-state index contributed by atoms with van der Waals surface area (Å²) in [4.78, 5) is 11.8. The van der Waals surface area contributed by atoms with Gasteiger partial charge in [0.15, 0.2) is 0 Å². The Morgan fingerprint density at radius 1 is 1.19 bits per heavy atom. The second-order valence-corrected chi connectivity index (χ2v) is 5.42. The second kappa shape index (κ2) is 7.28. The Morgan fingerprint density at radius 2 is 1.90 bits per heavy atom. The standard InChI is InChI=1S/C18H19ClO2/c1-3-21-16-6-4-5-14(11-16)12-17(18(19)20)15-9-7-13(2)8-10-15/h4-11,17H,3,12H2,1-2H3. The maximum absolute atomic E-state index is 11.8. The van der Waals surface area contributed by atoms with Crippen LogP contribution >= 0.6 is 11.6 Å². The molecule has 0 radical (unpaired) electrons. The maximum Gasteiger partial charge on any atom is 0.229 e. The number of hydrogen-bond donors (Lipinski definition) is 0. The van der Waals surface area contributed by atoms with E-state index < -0.39 is 0 Å². The molecule has 2 nitrogen and oxygen atoms in total. The van der Waals surface area contributed by atoms with E-state index in [-0.39, 0.29) is 11.2 Å². The third-order valence-corrected chi connectivity index (χ3v) is 3.67. The van der Waals surface area contributed by atoms with Crippen LogP contribution in [0.1, 0.15) is 29.5 Å². The molecule has 0 bridgehead atoms. The van der Waals surface area contributed by atoms with Crippen molar-refractivity contribution < 1.29 is 9.53 Å². The molecule has 0 amide bonds. The topological polar surface area (TPSA) is 26.3 Å². The number of halogens is 1. The quantitative estimate of drug-likeness (QED) is 0.735. The molecule has 0 saturated carbocycles. The minimum Gasteiger partial charge on any atom is -0.494 e. The van der Waals surface area contributed by atoms with Crippen LogP contribution in [-0.4, -0.2) is 11.8 Å². The lowest BCUT2D eigenvalue weighted by molar-refractivity contribution is -0.113. The van der Waals surface area contributed by atoms with Gasteiger partial charge >= 0.3 is 0 Å². The summed E-state index contributed by atoms with van der Waals surface area (Å²) in [5.41, 5.74) is 3.15. The molecule has 0 fully saturated rings. The molecule has 110 valence electrons. The van der Waals surface area contributed by atoms with Crippen molar-refractivity contribution in [2.45, 2.75) is 26.2 Å². The molecule has 0 N–H and O–H groups in total. The van der Waals surface area contributed by atoms with Crippen molar-refractivity contribution in [1.29, 1.82) is 0 Å². The van der Waals surface area contributed by atoms with E-state index in [1.54, 1.807) is 0 Å². The summed E-state index contributed by atoms with van der Waals surface area (Å²) in [6.45, 7) is 4.59. The van der Waals surface area contributed by atoms with Gasteiger partial charge in [-0.1, -0.05) is 42.0 Å². The largest absolute Gasteiger partial charge is 0.494 e. The first-order chi connectivity index (χ1) is 10.1. The number of carbonyl (C=O) groups is 1. The van der Waals surface area contributed by atoms with E-state index in [0.717, 1.165) is 22.4 Å². The number of ether oxygens (including phenoxy) is 1.